The fourth-order valence-electron chi connectivity index (χ4n) is 0.684. The first-order valence-electron chi connectivity index (χ1n) is 4.38. The van der Waals surface area contributed by atoms with Gasteiger partial charge in [0.2, 0.25) is 12.3 Å². The minimum Gasteiger partial charge on any atom is -0.565 e. The first kappa shape index (κ1) is 45.1. The third-order valence-electron chi connectivity index (χ3n) is 1.25. The van der Waals surface area contributed by atoms with Crippen molar-refractivity contribution in [2.24, 2.45) is 0 Å². The molecule has 0 aliphatic heterocycles. The summed E-state index contributed by atoms with van der Waals surface area (Å²) in [6.07, 6.45) is -6.88. The van der Waals surface area contributed by atoms with E-state index in [0.717, 1.165) is 0 Å². The van der Waals surface area contributed by atoms with Crippen LogP contribution in [0.5, 0.6) is 0 Å². The Morgan fingerprint density at radius 2 is 0.840 bits per heavy atom. The van der Waals surface area contributed by atoms with E-state index in [-0.39, 0.29) is 126 Å². The summed E-state index contributed by atoms with van der Waals surface area (Å²) in [6.45, 7) is 0. The van der Waals surface area contributed by atoms with Gasteiger partial charge in [0.1, 0.15) is 5.60 Å². The Morgan fingerprint density at radius 3 is 0.920 bits per heavy atom. The molecule has 0 amide bonds. The molecule has 0 bridgehead atoms. The molecule has 0 atom stereocenters. The molecule has 0 aromatic carbocycles. The molecule has 0 unspecified atom stereocenters. The summed E-state index contributed by atoms with van der Waals surface area (Å²) in [6, 6.07) is 0. The van der Waals surface area contributed by atoms with E-state index in [4.69, 9.17) is 35.1 Å². The zero-order valence-electron chi connectivity index (χ0n) is 13.5. The van der Waals surface area contributed by atoms with Gasteiger partial charge >= 0.3 is 126 Å². The first-order chi connectivity index (χ1) is 9.24. The number of aliphatic hydroxyl groups is 1. The maximum atomic E-state index is 10.1. The molecule has 0 heterocycles. The zero-order valence-corrected chi connectivity index (χ0v) is 21.8. The summed E-state index contributed by atoms with van der Waals surface area (Å²) in [7, 11) is 0. The van der Waals surface area contributed by atoms with Gasteiger partial charge in [-0.25, -0.2) is 0 Å². The van der Waals surface area contributed by atoms with Crippen LogP contribution < -0.4 is 114 Å². The maximum Gasteiger partial charge on any atom is 2.00 e. The standard InChI is InChI=1S/C6H8O7.2CH2O3.Ca.3Na/c7-3(8)1-6(13,5(11)12)2-4(9)10;2*2-1(3)4;;;;/h13H,1-2H2,(H,7,8)(H,9,10)(H,11,12);2*(H2,2,3,4);;;;/q;;;+2;3*+1/p-5. The van der Waals surface area contributed by atoms with Crippen molar-refractivity contribution in [1.82, 2.24) is 0 Å². The van der Waals surface area contributed by atoms with E-state index in [0.29, 0.717) is 0 Å². The molecule has 0 aliphatic carbocycles. The van der Waals surface area contributed by atoms with Gasteiger partial charge in [-0.2, -0.15) is 0 Å². The van der Waals surface area contributed by atoms with E-state index in [1.165, 1.54) is 0 Å². The largest absolute Gasteiger partial charge is 2.00 e. The van der Waals surface area contributed by atoms with Gasteiger partial charge in [-0.3, -0.25) is 0 Å². The average molecular weight is 420 g/mol. The third kappa shape index (κ3) is 45.8. The molecule has 0 rings (SSSR count). The quantitative estimate of drug-likeness (QED) is 0.349. The second-order valence-electron chi connectivity index (χ2n) is 2.95. The topological polar surface area (TPSA) is 261 Å². The van der Waals surface area contributed by atoms with Gasteiger partial charge < -0.3 is 64.8 Å². The molecule has 25 heavy (non-hydrogen) atoms. The molecule has 0 radical (unpaired) electrons. The van der Waals surface area contributed by atoms with Crippen LogP contribution in [0, 0.1) is 0 Å². The number of carboxylic acids is 3. The van der Waals surface area contributed by atoms with Crippen LogP contribution in [0.25, 0.3) is 0 Å². The summed E-state index contributed by atoms with van der Waals surface area (Å²) >= 11 is 0. The Hall–Kier alpha value is 1.17. The number of rotatable bonds is 5. The second kappa shape index (κ2) is 25.2. The molecule has 13 nitrogen and oxygen atoms in total. The second-order valence-corrected chi connectivity index (χ2v) is 2.95. The molecule has 0 fully saturated rings. The molecule has 0 saturated heterocycles. The molecule has 3 N–H and O–H groups in total. The summed E-state index contributed by atoms with van der Waals surface area (Å²) in [5, 5.41) is 69.5. The van der Waals surface area contributed by atoms with Gasteiger partial charge in [0.15, 0.2) is 0 Å². The van der Waals surface area contributed by atoms with E-state index in [9.17, 15) is 29.7 Å². The zero-order chi connectivity index (χ0) is 17.8. The Labute approximate surface area is 236 Å². The van der Waals surface area contributed by atoms with Crippen molar-refractivity contribution >= 4 is 68.0 Å². The molecule has 0 saturated carbocycles. The van der Waals surface area contributed by atoms with E-state index in [2.05, 4.69) is 0 Å². The molecular weight excluding hydrogens is 413 g/mol. The van der Waals surface area contributed by atoms with Crippen LogP contribution in [0.4, 0.5) is 9.59 Å². The van der Waals surface area contributed by atoms with Crippen LogP contribution in [-0.2, 0) is 14.4 Å². The van der Waals surface area contributed by atoms with Crippen LogP contribution in [0.3, 0.4) is 0 Å². The third-order valence-corrected chi connectivity index (χ3v) is 1.25. The molecule has 0 aromatic heterocycles. The number of carboxylic acid groups (broad SMARTS) is 7. The predicted octanol–water partition coefficient (Wildman–Crippen LogP) is -16.8. The maximum absolute atomic E-state index is 10.1. The van der Waals surface area contributed by atoms with Gasteiger partial charge in [0.25, 0.3) is 0 Å². The summed E-state index contributed by atoms with van der Waals surface area (Å²) in [5.74, 6) is -5.98. The Morgan fingerprint density at radius 1 is 0.680 bits per heavy atom. The van der Waals surface area contributed by atoms with Crippen molar-refractivity contribution in [2.75, 3.05) is 0 Å². The fourth-order valence-corrected chi connectivity index (χ4v) is 0.684. The van der Waals surface area contributed by atoms with Crippen molar-refractivity contribution in [3.63, 3.8) is 0 Å². The van der Waals surface area contributed by atoms with Crippen LogP contribution in [0.2, 0.25) is 0 Å². The molecule has 17 heteroatoms. The normalized spacial score (nSPS) is 7.56. The number of carbonyl (C=O) groups is 5. The van der Waals surface area contributed by atoms with E-state index in [1.54, 1.807) is 0 Å². The number of hydrogen-bond donors (Lipinski definition) is 3. The van der Waals surface area contributed by atoms with Gasteiger partial charge in [0, 0.05) is 24.8 Å². The van der Waals surface area contributed by atoms with Crippen molar-refractivity contribution in [2.45, 2.75) is 18.4 Å². The molecule has 122 valence electrons. The molecular formula is C8H7CaNa3O13. The number of hydrogen-bond acceptors (Lipinski definition) is 11. The Kier molecular flexibility index (Phi) is 45.4. The van der Waals surface area contributed by atoms with E-state index >= 15 is 0 Å². The Balaban J connectivity index is -0.0000000463. The van der Waals surface area contributed by atoms with Crippen LogP contribution >= 0.6 is 0 Å². The first-order valence-corrected chi connectivity index (χ1v) is 4.38. The van der Waals surface area contributed by atoms with Crippen molar-refractivity contribution in [1.29, 1.82) is 0 Å². The van der Waals surface area contributed by atoms with Gasteiger partial charge in [-0.05, 0) is 0 Å². The van der Waals surface area contributed by atoms with Crippen LogP contribution in [0.1, 0.15) is 12.8 Å². The minimum atomic E-state index is -2.97. The van der Waals surface area contributed by atoms with Gasteiger partial charge in [-0.15, -0.1) is 0 Å². The molecule has 0 aliphatic rings. The summed E-state index contributed by atoms with van der Waals surface area (Å²) in [4.78, 5) is 46.9. The van der Waals surface area contributed by atoms with Gasteiger partial charge in [0.05, 0.1) is 5.97 Å². The minimum absolute atomic E-state index is 0. The predicted molar refractivity (Wildman–Crippen MR) is 51.0 cm³/mol. The van der Waals surface area contributed by atoms with Crippen LogP contribution in [-0.4, -0.2) is 88.9 Å². The van der Waals surface area contributed by atoms with Crippen molar-refractivity contribution in [3.05, 3.63) is 0 Å². The number of aliphatic carboxylic acids is 3. The summed E-state index contributed by atoms with van der Waals surface area (Å²) < 4.78 is 0. The number of carbonyl (C=O) groups excluding carboxylic acids is 3. The Bertz CT molecular complexity index is 380. The summed E-state index contributed by atoms with van der Waals surface area (Å²) in [5.41, 5.74) is -2.97. The average Bonchev–Trinajstić information content (AvgIpc) is 2.11. The van der Waals surface area contributed by atoms with Crippen molar-refractivity contribution in [3.8, 4) is 0 Å². The smallest absolute Gasteiger partial charge is 0.565 e. The van der Waals surface area contributed by atoms with Crippen LogP contribution in [0.15, 0.2) is 0 Å². The molecule has 0 spiro atoms. The monoisotopic (exact) mass is 420 g/mol. The van der Waals surface area contributed by atoms with Crippen molar-refractivity contribution < 1.29 is 153 Å². The SMILES string of the molecule is O=C([O-])CC(O)(CC(=O)[O-])C(=O)[O-].O=C([O-])O.O=C([O-])O.[Ca+2].[Na+].[Na+].[Na+]. The molecule has 0 aromatic rings. The van der Waals surface area contributed by atoms with Gasteiger partial charge in [-0.1, -0.05) is 0 Å². The fraction of sp³-hybridized carbons (Fsp3) is 0.375. The van der Waals surface area contributed by atoms with E-state index in [1.807, 2.05) is 0 Å². The van der Waals surface area contributed by atoms with E-state index < -0.39 is 48.7 Å².